The maximum absolute atomic E-state index is 12.7. The predicted octanol–water partition coefficient (Wildman–Crippen LogP) is 0.814. The van der Waals surface area contributed by atoms with Crippen molar-refractivity contribution in [3.8, 4) is 0 Å². The Hall–Kier alpha value is -2.43. The SMILES string of the molecule is CN1C(=O)C2C=CC1C1C(=O)N(Cc3ccccc3)C(=O)C21. The Morgan fingerprint density at radius 2 is 1.59 bits per heavy atom. The first-order valence-corrected chi connectivity index (χ1v) is 7.44. The van der Waals surface area contributed by atoms with Crippen LogP contribution in [-0.4, -0.2) is 40.6 Å². The summed E-state index contributed by atoms with van der Waals surface area (Å²) >= 11 is 0. The van der Waals surface area contributed by atoms with E-state index < -0.39 is 17.8 Å². The van der Waals surface area contributed by atoms with E-state index in [-0.39, 0.29) is 30.3 Å². The number of nitrogens with zero attached hydrogens (tertiary/aromatic N) is 2. The lowest BCUT2D eigenvalue weighted by Crippen LogP contribution is -2.57. The van der Waals surface area contributed by atoms with E-state index in [2.05, 4.69) is 0 Å². The monoisotopic (exact) mass is 296 g/mol. The van der Waals surface area contributed by atoms with E-state index >= 15 is 0 Å². The average molecular weight is 296 g/mol. The van der Waals surface area contributed by atoms with Crippen LogP contribution in [0.15, 0.2) is 42.5 Å². The van der Waals surface area contributed by atoms with Gasteiger partial charge in [-0.2, -0.15) is 0 Å². The number of carbonyl (C=O) groups is 3. The minimum absolute atomic E-state index is 0.0588. The fraction of sp³-hybridized carbons (Fsp3) is 0.353. The molecule has 0 N–H and O–H groups in total. The highest BCUT2D eigenvalue weighted by molar-refractivity contribution is 6.09. The molecule has 1 aliphatic carbocycles. The van der Waals surface area contributed by atoms with Gasteiger partial charge in [0.25, 0.3) is 0 Å². The summed E-state index contributed by atoms with van der Waals surface area (Å²) in [6.07, 6.45) is 3.69. The molecule has 0 spiro atoms. The van der Waals surface area contributed by atoms with Gasteiger partial charge in [0, 0.05) is 7.05 Å². The van der Waals surface area contributed by atoms with Crippen LogP contribution in [0.1, 0.15) is 5.56 Å². The number of hydrogen-bond donors (Lipinski definition) is 0. The van der Waals surface area contributed by atoms with Crippen LogP contribution < -0.4 is 0 Å². The van der Waals surface area contributed by atoms with E-state index in [0.717, 1.165) is 5.56 Å². The van der Waals surface area contributed by atoms with Crippen molar-refractivity contribution in [2.75, 3.05) is 7.05 Å². The molecule has 0 radical (unpaired) electrons. The molecule has 3 heterocycles. The smallest absolute Gasteiger partial charge is 0.235 e. The second-order valence-corrected chi connectivity index (χ2v) is 6.15. The Morgan fingerprint density at radius 1 is 0.909 bits per heavy atom. The zero-order chi connectivity index (χ0) is 15.4. The van der Waals surface area contributed by atoms with Crippen LogP contribution in [0.5, 0.6) is 0 Å². The highest BCUT2D eigenvalue weighted by atomic mass is 16.2. The molecule has 4 atom stereocenters. The molecule has 1 aromatic rings. The number of benzene rings is 1. The zero-order valence-corrected chi connectivity index (χ0v) is 12.2. The first-order chi connectivity index (χ1) is 10.6. The van der Waals surface area contributed by atoms with E-state index in [4.69, 9.17) is 0 Å². The first-order valence-electron chi connectivity index (χ1n) is 7.44. The average Bonchev–Trinajstić information content (AvgIpc) is 2.79. The van der Waals surface area contributed by atoms with Crippen LogP contribution in [0.3, 0.4) is 0 Å². The standard InChI is InChI=1S/C17H16N2O3/c1-18-12-8-7-11(15(18)20)13-14(12)17(22)19(16(13)21)9-10-5-3-2-4-6-10/h2-8,11-14H,9H2,1H3. The fourth-order valence-corrected chi connectivity index (χ4v) is 3.89. The first kappa shape index (κ1) is 13.2. The van der Waals surface area contributed by atoms with Crippen molar-refractivity contribution in [2.45, 2.75) is 12.6 Å². The van der Waals surface area contributed by atoms with E-state index in [1.54, 1.807) is 18.0 Å². The highest BCUT2D eigenvalue weighted by Gasteiger charge is 2.60. The van der Waals surface area contributed by atoms with Crippen LogP contribution in [-0.2, 0) is 20.9 Å². The summed E-state index contributed by atoms with van der Waals surface area (Å²) in [7, 11) is 1.71. The number of carbonyl (C=O) groups excluding carboxylic acids is 3. The van der Waals surface area contributed by atoms with Gasteiger partial charge in [-0.3, -0.25) is 19.3 Å². The van der Waals surface area contributed by atoms with Crippen molar-refractivity contribution >= 4 is 17.7 Å². The Kier molecular flexibility index (Phi) is 2.73. The van der Waals surface area contributed by atoms with Crippen molar-refractivity contribution in [3.63, 3.8) is 0 Å². The summed E-state index contributed by atoms with van der Waals surface area (Å²) in [5, 5.41) is 0. The number of amides is 3. The Balaban J connectivity index is 1.68. The topological polar surface area (TPSA) is 57.7 Å². The molecule has 3 aliphatic heterocycles. The van der Waals surface area contributed by atoms with Crippen molar-refractivity contribution in [3.05, 3.63) is 48.0 Å². The van der Waals surface area contributed by atoms with Crippen molar-refractivity contribution in [1.82, 2.24) is 9.80 Å². The lowest BCUT2D eigenvalue weighted by atomic mass is 9.70. The third-order valence-electron chi connectivity index (χ3n) is 5.02. The second kappa shape index (κ2) is 4.53. The number of imide groups is 1. The summed E-state index contributed by atoms with van der Waals surface area (Å²) in [6, 6.07) is 9.17. The third-order valence-corrected chi connectivity index (χ3v) is 5.02. The van der Waals surface area contributed by atoms with Gasteiger partial charge >= 0.3 is 0 Å². The predicted molar refractivity (Wildman–Crippen MR) is 78.2 cm³/mol. The van der Waals surface area contributed by atoms with Crippen molar-refractivity contribution < 1.29 is 14.4 Å². The van der Waals surface area contributed by atoms with Crippen molar-refractivity contribution in [2.24, 2.45) is 17.8 Å². The van der Waals surface area contributed by atoms with Gasteiger partial charge in [0.15, 0.2) is 0 Å². The molecular weight excluding hydrogens is 280 g/mol. The number of rotatable bonds is 2. The number of fused-ring (bicyclic) bond motifs is 1. The lowest BCUT2D eigenvalue weighted by molar-refractivity contribution is -0.148. The second-order valence-electron chi connectivity index (χ2n) is 6.15. The molecule has 2 fully saturated rings. The molecule has 4 aliphatic rings. The molecule has 2 saturated heterocycles. The van der Waals surface area contributed by atoms with Gasteiger partial charge in [-0.1, -0.05) is 42.5 Å². The molecule has 2 bridgehead atoms. The van der Waals surface area contributed by atoms with E-state index in [9.17, 15) is 14.4 Å². The normalized spacial score (nSPS) is 32.9. The molecular formula is C17H16N2O3. The fourth-order valence-electron chi connectivity index (χ4n) is 3.89. The van der Waals surface area contributed by atoms with E-state index in [1.165, 1.54) is 4.90 Å². The Labute approximate surface area is 128 Å². The molecule has 5 nitrogen and oxygen atoms in total. The highest BCUT2D eigenvalue weighted by Crippen LogP contribution is 2.45. The molecule has 1 aromatic carbocycles. The molecule has 112 valence electrons. The molecule has 3 amide bonds. The van der Waals surface area contributed by atoms with E-state index in [0.29, 0.717) is 0 Å². The third kappa shape index (κ3) is 1.62. The van der Waals surface area contributed by atoms with Gasteiger partial charge in [0.05, 0.1) is 30.3 Å². The summed E-state index contributed by atoms with van der Waals surface area (Å²) < 4.78 is 0. The van der Waals surface area contributed by atoms with Gasteiger partial charge in [-0.05, 0) is 5.56 Å². The number of piperidine rings is 1. The maximum Gasteiger partial charge on any atom is 0.235 e. The van der Waals surface area contributed by atoms with Crippen LogP contribution in [0, 0.1) is 17.8 Å². The zero-order valence-electron chi connectivity index (χ0n) is 12.2. The molecule has 0 saturated carbocycles. The van der Waals surface area contributed by atoms with Gasteiger partial charge in [-0.25, -0.2) is 0 Å². The maximum atomic E-state index is 12.7. The van der Waals surface area contributed by atoms with Crippen LogP contribution >= 0.6 is 0 Å². The van der Waals surface area contributed by atoms with Gasteiger partial charge in [0.2, 0.25) is 17.7 Å². The molecule has 5 heteroatoms. The number of hydrogen-bond acceptors (Lipinski definition) is 3. The van der Waals surface area contributed by atoms with E-state index in [1.807, 2.05) is 36.4 Å². The molecule has 22 heavy (non-hydrogen) atoms. The summed E-state index contributed by atoms with van der Waals surface area (Å²) in [5.41, 5.74) is 0.919. The van der Waals surface area contributed by atoms with Crippen LogP contribution in [0.2, 0.25) is 0 Å². The van der Waals surface area contributed by atoms with Gasteiger partial charge in [-0.15, -0.1) is 0 Å². The summed E-state index contributed by atoms with van der Waals surface area (Å²) in [4.78, 5) is 40.6. The molecule has 0 aromatic heterocycles. The van der Waals surface area contributed by atoms with Crippen LogP contribution in [0.4, 0.5) is 0 Å². The van der Waals surface area contributed by atoms with Crippen LogP contribution in [0.25, 0.3) is 0 Å². The minimum atomic E-state index is -0.519. The molecule has 5 rings (SSSR count). The summed E-state index contributed by atoms with van der Waals surface area (Å²) in [5.74, 6) is -1.85. The summed E-state index contributed by atoms with van der Waals surface area (Å²) in [6.45, 7) is 0.281. The largest absolute Gasteiger partial charge is 0.338 e. The Bertz CT molecular complexity index is 697. The minimum Gasteiger partial charge on any atom is -0.338 e. The number of likely N-dealkylation sites (tertiary alicyclic amines) is 1. The quantitative estimate of drug-likeness (QED) is 0.599. The van der Waals surface area contributed by atoms with Gasteiger partial charge in [0.1, 0.15) is 0 Å². The lowest BCUT2D eigenvalue weighted by Gasteiger charge is -2.44. The van der Waals surface area contributed by atoms with Crippen molar-refractivity contribution in [1.29, 1.82) is 0 Å². The number of likely N-dealkylation sites (N-methyl/N-ethyl adjacent to an activating group) is 1. The Morgan fingerprint density at radius 3 is 2.32 bits per heavy atom. The van der Waals surface area contributed by atoms with Gasteiger partial charge < -0.3 is 4.90 Å². The molecule has 4 unspecified atom stereocenters.